The highest BCUT2D eigenvalue weighted by molar-refractivity contribution is 7.11. The van der Waals surface area contributed by atoms with Crippen molar-refractivity contribution in [1.29, 1.82) is 0 Å². The summed E-state index contributed by atoms with van der Waals surface area (Å²) < 4.78 is 0. The summed E-state index contributed by atoms with van der Waals surface area (Å²) in [5, 5.41) is 11.3. The van der Waals surface area contributed by atoms with Gasteiger partial charge < -0.3 is 10.4 Å². The molecule has 0 radical (unpaired) electrons. The lowest BCUT2D eigenvalue weighted by Crippen LogP contribution is -2.34. The van der Waals surface area contributed by atoms with E-state index in [1.54, 1.807) is 12.4 Å². The second kappa shape index (κ2) is 4.18. The molecule has 0 aliphatic rings. The molecular weight excluding hydrogens is 176 g/mol. The molecule has 1 heterocycles. The Hall–Kier alpha value is -0.940. The van der Waals surface area contributed by atoms with E-state index >= 15 is 0 Å². The van der Waals surface area contributed by atoms with E-state index in [0.29, 0.717) is 4.88 Å². The van der Waals surface area contributed by atoms with Crippen LogP contribution in [0.2, 0.25) is 0 Å². The van der Waals surface area contributed by atoms with Crippen molar-refractivity contribution >= 4 is 17.2 Å². The van der Waals surface area contributed by atoms with E-state index in [1.165, 1.54) is 17.5 Å². The first-order valence-corrected chi connectivity index (χ1v) is 4.42. The second-order valence-corrected chi connectivity index (χ2v) is 3.31. The summed E-state index contributed by atoms with van der Waals surface area (Å²) in [6.07, 6.45) is 1.50. The molecule has 0 fully saturated rings. The fourth-order valence-electron chi connectivity index (χ4n) is 0.668. The highest BCUT2D eigenvalue weighted by Gasteiger charge is 2.09. The molecule has 1 rings (SSSR count). The van der Waals surface area contributed by atoms with Crippen molar-refractivity contribution in [2.75, 3.05) is 6.61 Å². The molecule has 0 aliphatic carbocycles. The molecule has 0 spiro atoms. The number of nitrogens with one attached hydrogen (secondary N) is 1. The van der Waals surface area contributed by atoms with Crippen molar-refractivity contribution in [2.45, 2.75) is 13.0 Å². The van der Waals surface area contributed by atoms with E-state index < -0.39 is 0 Å². The summed E-state index contributed by atoms with van der Waals surface area (Å²) in [6, 6.07) is -0.209. The van der Waals surface area contributed by atoms with Crippen LogP contribution in [0.5, 0.6) is 0 Å². The Morgan fingerprint density at radius 3 is 3.17 bits per heavy atom. The van der Waals surface area contributed by atoms with Gasteiger partial charge in [0.15, 0.2) is 0 Å². The van der Waals surface area contributed by atoms with Gasteiger partial charge in [0.2, 0.25) is 0 Å². The molecular formula is C7H10N2O2S. The van der Waals surface area contributed by atoms with Gasteiger partial charge in [0.1, 0.15) is 4.88 Å². The summed E-state index contributed by atoms with van der Waals surface area (Å²) in [7, 11) is 0. The van der Waals surface area contributed by atoms with Crippen LogP contribution in [0, 0.1) is 0 Å². The zero-order valence-electron chi connectivity index (χ0n) is 6.65. The van der Waals surface area contributed by atoms with Gasteiger partial charge >= 0.3 is 0 Å². The predicted octanol–water partition coefficient (Wildman–Crippen LogP) is 0.254. The Kier molecular flexibility index (Phi) is 3.19. The van der Waals surface area contributed by atoms with Crippen LogP contribution in [-0.2, 0) is 0 Å². The van der Waals surface area contributed by atoms with Gasteiger partial charge in [-0.15, -0.1) is 11.3 Å². The van der Waals surface area contributed by atoms with Gasteiger partial charge in [-0.2, -0.15) is 0 Å². The third kappa shape index (κ3) is 2.28. The smallest absolute Gasteiger partial charge is 0.263 e. The lowest BCUT2D eigenvalue weighted by atomic mass is 10.3. The number of aliphatic hydroxyl groups excluding tert-OH is 1. The summed E-state index contributed by atoms with van der Waals surface area (Å²) >= 11 is 1.28. The van der Waals surface area contributed by atoms with Crippen LogP contribution >= 0.6 is 11.3 Å². The molecule has 2 N–H and O–H groups in total. The fraction of sp³-hybridized carbons (Fsp3) is 0.429. The minimum atomic E-state index is -0.209. The molecule has 4 nitrogen and oxygen atoms in total. The van der Waals surface area contributed by atoms with Crippen molar-refractivity contribution in [3.63, 3.8) is 0 Å². The maximum atomic E-state index is 11.2. The van der Waals surface area contributed by atoms with Crippen LogP contribution in [0.1, 0.15) is 16.6 Å². The first kappa shape index (κ1) is 9.15. The van der Waals surface area contributed by atoms with Crippen LogP contribution in [0.3, 0.4) is 0 Å². The zero-order valence-corrected chi connectivity index (χ0v) is 7.47. The van der Waals surface area contributed by atoms with Gasteiger partial charge in [0.05, 0.1) is 18.3 Å². The van der Waals surface area contributed by atoms with Gasteiger partial charge in [-0.3, -0.25) is 9.78 Å². The molecule has 0 aliphatic heterocycles. The standard InChI is InChI=1S/C7H10N2O2S/c1-5(3-10)9-7(11)6-2-8-4-12-6/h2,4-5,10H,3H2,1H3,(H,9,11)/t5-/m1/s1. The zero-order chi connectivity index (χ0) is 8.97. The minimum absolute atomic E-state index is 0.0510. The fourth-order valence-corrected chi connectivity index (χ4v) is 1.19. The Labute approximate surface area is 74.3 Å². The summed E-state index contributed by atoms with van der Waals surface area (Å²) in [4.78, 5) is 15.6. The molecule has 12 heavy (non-hydrogen) atoms. The van der Waals surface area contributed by atoms with Crippen LogP contribution in [0.15, 0.2) is 11.7 Å². The van der Waals surface area contributed by atoms with E-state index in [2.05, 4.69) is 10.3 Å². The van der Waals surface area contributed by atoms with Gasteiger partial charge in [-0.1, -0.05) is 0 Å². The largest absolute Gasteiger partial charge is 0.394 e. The number of aliphatic hydroxyl groups is 1. The molecule has 0 saturated heterocycles. The number of hydrogen-bond acceptors (Lipinski definition) is 4. The number of carbonyl (C=O) groups excluding carboxylic acids is 1. The molecule has 5 heteroatoms. The third-order valence-corrected chi connectivity index (χ3v) is 2.08. The van der Waals surface area contributed by atoms with Gasteiger partial charge in [-0.25, -0.2) is 0 Å². The monoisotopic (exact) mass is 186 g/mol. The van der Waals surface area contributed by atoms with Crippen LogP contribution in [0.4, 0.5) is 0 Å². The molecule has 0 unspecified atom stereocenters. The highest BCUT2D eigenvalue weighted by atomic mass is 32.1. The Balaban J connectivity index is 2.50. The maximum absolute atomic E-state index is 11.2. The molecule has 1 atom stereocenters. The topological polar surface area (TPSA) is 62.2 Å². The predicted molar refractivity (Wildman–Crippen MR) is 46.1 cm³/mol. The average Bonchev–Trinajstić information content (AvgIpc) is 2.56. The molecule has 1 amide bonds. The SMILES string of the molecule is C[C@H](CO)NC(=O)c1cncs1. The number of nitrogens with zero attached hydrogens (tertiary/aromatic N) is 1. The van der Waals surface area contributed by atoms with Crippen molar-refractivity contribution in [1.82, 2.24) is 10.3 Å². The van der Waals surface area contributed by atoms with Crippen LogP contribution < -0.4 is 5.32 Å². The number of rotatable bonds is 3. The number of amides is 1. The minimum Gasteiger partial charge on any atom is -0.394 e. The van der Waals surface area contributed by atoms with Crippen molar-refractivity contribution in [3.8, 4) is 0 Å². The number of thiazole rings is 1. The second-order valence-electron chi connectivity index (χ2n) is 2.42. The summed E-state index contributed by atoms with van der Waals surface area (Å²) in [5.74, 6) is -0.181. The maximum Gasteiger partial charge on any atom is 0.263 e. The summed E-state index contributed by atoms with van der Waals surface area (Å²) in [6.45, 7) is 1.68. The van der Waals surface area contributed by atoms with Crippen molar-refractivity contribution in [3.05, 3.63) is 16.6 Å². The quantitative estimate of drug-likeness (QED) is 0.711. The van der Waals surface area contributed by atoms with Gasteiger partial charge in [0, 0.05) is 6.04 Å². The lowest BCUT2D eigenvalue weighted by Gasteiger charge is -2.08. The number of aromatic nitrogens is 1. The van der Waals surface area contributed by atoms with Crippen molar-refractivity contribution in [2.24, 2.45) is 0 Å². The lowest BCUT2D eigenvalue weighted by molar-refractivity contribution is 0.0926. The van der Waals surface area contributed by atoms with Gasteiger partial charge in [-0.05, 0) is 6.92 Å². The summed E-state index contributed by atoms with van der Waals surface area (Å²) in [5.41, 5.74) is 1.60. The third-order valence-electron chi connectivity index (χ3n) is 1.31. The molecule has 0 bridgehead atoms. The molecule has 1 aromatic rings. The molecule has 66 valence electrons. The Morgan fingerprint density at radius 2 is 2.67 bits per heavy atom. The van der Waals surface area contributed by atoms with E-state index in [1.807, 2.05) is 0 Å². The molecule has 1 aromatic heterocycles. The normalized spacial score (nSPS) is 12.5. The Bertz CT molecular complexity index is 248. The highest BCUT2D eigenvalue weighted by Crippen LogP contribution is 2.04. The number of carbonyl (C=O) groups is 1. The number of hydrogen-bond donors (Lipinski definition) is 2. The van der Waals surface area contributed by atoms with Crippen LogP contribution in [-0.4, -0.2) is 28.6 Å². The molecule has 0 saturated carbocycles. The molecule has 0 aromatic carbocycles. The van der Waals surface area contributed by atoms with E-state index in [-0.39, 0.29) is 18.6 Å². The first-order chi connectivity index (χ1) is 5.74. The first-order valence-electron chi connectivity index (χ1n) is 3.54. The van der Waals surface area contributed by atoms with Crippen molar-refractivity contribution < 1.29 is 9.90 Å². The van der Waals surface area contributed by atoms with Gasteiger partial charge in [0.25, 0.3) is 5.91 Å². The van der Waals surface area contributed by atoms with E-state index in [4.69, 9.17) is 5.11 Å². The van der Waals surface area contributed by atoms with E-state index in [9.17, 15) is 4.79 Å². The Morgan fingerprint density at radius 1 is 1.92 bits per heavy atom. The van der Waals surface area contributed by atoms with E-state index in [0.717, 1.165) is 0 Å². The van der Waals surface area contributed by atoms with Crippen LogP contribution in [0.25, 0.3) is 0 Å². The average molecular weight is 186 g/mol.